The van der Waals surface area contributed by atoms with Crippen molar-refractivity contribution in [1.29, 1.82) is 0 Å². The van der Waals surface area contributed by atoms with E-state index in [2.05, 4.69) is 9.72 Å². The average Bonchev–Trinajstić information content (AvgIpc) is 2.46. The lowest BCUT2D eigenvalue weighted by atomic mass is 10.4. The van der Waals surface area contributed by atoms with Crippen molar-refractivity contribution in [2.45, 2.75) is 19.1 Å². The van der Waals surface area contributed by atoms with Crippen LogP contribution in [0.5, 0.6) is 0 Å². The van der Waals surface area contributed by atoms with Gasteiger partial charge < -0.3 is 9.15 Å². The fraction of sp³-hybridized carbons (Fsp3) is 0.333. The molecule has 1 aromatic rings. The average molecular weight is 213 g/mol. The zero-order valence-electron chi connectivity index (χ0n) is 8.23. The molecule has 0 radical (unpaired) electrons. The van der Waals surface area contributed by atoms with Gasteiger partial charge in [-0.15, -0.1) is 0 Å². The van der Waals surface area contributed by atoms with E-state index in [0.29, 0.717) is 5.22 Å². The molecule has 0 unspecified atom stereocenters. The molecule has 0 spiro atoms. The summed E-state index contributed by atoms with van der Waals surface area (Å²) in [4.78, 5) is 14.8. The largest absolute Gasteiger partial charge is 0.466 e. The summed E-state index contributed by atoms with van der Waals surface area (Å²) >= 11 is 1.24. The zero-order chi connectivity index (χ0) is 10.6. The van der Waals surface area contributed by atoms with Gasteiger partial charge in [-0.1, -0.05) is 0 Å². The van der Waals surface area contributed by atoms with Crippen molar-refractivity contribution in [1.82, 2.24) is 4.98 Å². The number of hydrogen-bond acceptors (Lipinski definition) is 5. The molecule has 0 atom stereocenters. The van der Waals surface area contributed by atoms with Crippen LogP contribution >= 0.6 is 11.8 Å². The fourth-order valence-electron chi connectivity index (χ4n) is 0.710. The third kappa shape index (κ3) is 2.92. The molecule has 0 aliphatic rings. The molecule has 0 fully saturated rings. The molecule has 0 aromatic carbocycles. The lowest BCUT2D eigenvalue weighted by Gasteiger charge is -1.88. The summed E-state index contributed by atoms with van der Waals surface area (Å²) in [6.45, 7) is 3.71. The van der Waals surface area contributed by atoms with E-state index in [4.69, 9.17) is 4.42 Å². The molecule has 0 amide bonds. The van der Waals surface area contributed by atoms with Crippen molar-refractivity contribution < 1.29 is 13.9 Å². The number of aromatic nitrogens is 1. The van der Waals surface area contributed by atoms with Gasteiger partial charge in [0.25, 0.3) is 5.22 Å². The highest BCUT2D eigenvalue weighted by Gasteiger charge is 2.03. The molecule has 0 N–H and O–H groups in total. The summed E-state index contributed by atoms with van der Waals surface area (Å²) in [5.41, 5.74) is 0.860. The van der Waals surface area contributed by atoms with E-state index < -0.39 is 5.97 Å². The highest BCUT2D eigenvalue weighted by atomic mass is 32.2. The van der Waals surface area contributed by atoms with E-state index in [1.54, 1.807) is 5.41 Å². The van der Waals surface area contributed by atoms with Crippen molar-refractivity contribution in [2.24, 2.45) is 0 Å². The number of ether oxygens (including phenoxy) is 1. The van der Waals surface area contributed by atoms with E-state index >= 15 is 0 Å². The van der Waals surface area contributed by atoms with Gasteiger partial charge in [-0.2, -0.15) is 0 Å². The topological polar surface area (TPSA) is 52.3 Å². The summed E-state index contributed by atoms with van der Waals surface area (Å²) in [7, 11) is 1.33. The Labute approximate surface area is 86.3 Å². The number of esters is 1. The van der Waals surface area contributed by atoms with Crippen LogP contribution in [0, 0.1) is 13.8 Å². The summed E-state index contributed by atoms with van der Waals surface area (Å²) in [6, 6.07) is 0. The first-order chi connectivity index (χ1) is 6.63. The number of nitrogens with zero attached hydrogens (tertiary/aromatic N) is 1. The lowest BCUT2D eigenvalue weighted by molar-refractivity contribution is -0.134. The van der Waals surface area contributed by atoms with Gasteiger partial charge in [-0.3, -0.25) is 0 Å². The minimum atomic E-state index is -0.391. The van der Waals surface area contributed by atoms with Crippen LogP contribution in [0.4, 0.5) is 0 Å². The molecular formula is C9H11NO3S. The molecular weight excluding hydrogens is 202 g/mol. The van der Waals surface area contributed by atoms with Crippen LogP contribution in [0.3, 0.4) is 0 Å². The molecule has 0 saturated carbocycles. The molecule has 76 valence electrons. The Kier molecular flexibility index (Phi) is 3.76. The summed E-state index contributed by atoms with van der Waals surface area (Å²) in [5, 5.41) is 2.11. The second-order valence-electron chi connectivity index (χ2n) is 2.57. The van der Waals surface area contributed by atoms with Crippen LogP contribution < -0.4 is 0 Å². The summed E-state index contributed by atoms with van der Waals surface area (Å²) in [5.74, 6) is 0.400. The minimum Gasteiger partial charge on any atom is -0.466 e. The van der Waals surface area contributed by atoms with Crippen LogP contribution in [0.25, 0.3) is 0 Å². The van der Waals surface area contributed by atoms with Gasteiger partial charge >= 0.3 is 5.97 Å². The third-order valence-corrected chi connectivity index (χ3v) is 2.23. The fourth-order valence-corrected chi connectivity index (χ4v) is 1.37. The number of methoxy groups -OCH3 is 1. The van der Waals surface area contributed by atoms with Crippen molar-refractivity contribution >= 4 is 17.7 Å². The first kappa shape index (κ1) is 10.8. The van der Waals surface area contributed by atoms with Gasteiger partial charge in [0.05, 0.1) is 12.8 Å². The number of oxazole rings is 1. The molecule has 0 bridgehead atoms. The van der Waals surface area contributed by atoms with Crippen LogP contribution in [-0.4, -0.2) is 18.1 Å². The smallest absolute Gasteiger partial charge is 0.331 e. The summed E-state index contributed by atoms with van der Waals surface area (Å²) in [6.07, 6.45) is 1.32. The van der Waals surface area contributed by atoms with Gasteiger partial charge in [-0.25, -0.2) is 9.78 Å². The van der Waals surface area contributed by atoms with Crippen molar-refractivity contribution in [3.8, 4) is 0 Å². The minimum absolute atomic E-state index is 0.391. The molecule has 14 heavy (non-hydrogen) atoms. The van der Waals surface area contributed by atoms with Crippen molar-refractivity contribution in [2.75, 3.05) is 7.11 Å². The first-order valence-electron chi connectivity index (χ1n) is 3.98. The number of rotatable bonds is 3. The highest BCUT2D eigenvalue weighted by molar-refractivity contribution is 8.01. The molecule has 1 heterocycles. The standard InChI is InChI=1S/C9H11NO3S/c1-6-7(2)13-9(10-6)14-5-4-8(11)12-3/h4-5H,1-3H3/b5-4+. The first-order valence-corrected chi connectivity index (χ1v) is 4.86. The molecule has 1 aromatic heterocycles. The second-order valence-corrected chi connectivity index (χ2v) is 3.42. The molecule has 5 heteroatoms. The van der Waals surface area contributed by atoms with Gasteiger partial charge in [0.15, 0.2) is 0 Å². The van der Waals surface area contributed by atoms with E-state index in [-0.39, 0.29) is 0 Å². The molecule has 0 saturated heterocycles. The Hall–Kier alpha value is -1.23. The van der Waals surface area contributed by atoms with Crippen molar-refractivity contribution in [3.05, 3.63) is 22.9 Å². The predicted octanol–water partition coefficient (Wildman–Crippen LogP) is 2.07. The Balaban J connectivity index is 2.53. The molecule has 0 aliphatic heterocycles. The summed E-state index contributed by atoms with van der Waals surface area (Å²) < 4.78 is 9.71. The van der Waals surface area contributed by atoms with Gasteiger partial charge in [0.2, 0.25) is 0 Å². The SMILES string of the molecule is COC(=O)/C=C/Sc1nc(C)c(C)o1. The van der Waals surface area contributed by atoms with E-state index in [9.17, 15) is 4.79 Å². The van der Waals surface area contributed by atoms with Crippen molar-refractivity contribution in [3.63, 3.8) is 0 Å². The van der Waals surface area contributed by atoms with E-state index in [1.165, 1.54) is 24.9 Å². The maximum Gasteiger partial charge on any atom is 0.331 e. The number of carbonyl (C=O) groups is 1. The molecule has 0 aliphatic carbocycles. The Bertz CT molecular complexity index is 337. The third-order valence-electron chi connectivity index (χ3n) is 1.58. The van der Waals surface area contributed by atoms with Crippen LogP contribution in [0.1, 0.15) is 11.5 Å². The Morgan fingerprint density at radius 1 is 1.57 bits per heavy atom. The monoisotopic (exact) mass is 213 g/mol. The predicted molar refractivity (Wildman–Crippen MR) is 53.0 cm³/mol. The normalized spacial score (nSPS) is 10.8. The lowest BCUT2D eigenvalue weighted by Crippen LogP contribution is -1.92. The number of carbonyl (C=O) groups excluding carboxylic acids is 1. The molecule has 4 nitrogen and oxygen atoms in total. The van der Waals surface area contributed by atoms with Crippen LogP contribution in [0.2, 0.25) is 0 Å². The number of thioether (sulfide) groups is 1. The van der Waals surface area contributed by atoms with Crippen LogP contribution in [0.15, 0.2) is 21.1 Å². The highest BCUT2D eigenvalue weighted by Crippen LogP contribution is 2.20. The maximum atomic E-state index is 10.7. The van der Waals surface area contributed by atoms with Gasteiger partial charge in [0.1, 0.15) is 5.76 Å². The van der Waals surface area contributed by atoms with Gasteiger partial charge in [-0.05, 0) is 31.0 Å². The second kappa shape index (κ2) is 4.85. The molecule has 1 rings (SSSR count). The van der Waals surface area contributed by atoms with Crippen LogP contribution in [-0.2, 0) is 9.53 Å². The quantitative estimate of drug-likeness (QED) is 0.437. The maximum absolute atomic E-state index is 10.7. The van der Waals surface area contributed by atoms with Gasteiger partial charge in [0, 0.05) is 6.08 Å². The number of hydrogen-bond donors (Lipinski definition) is 0. The Morgan fingerprint density at radius 2 is 2.29 bits per heavy atom. The number of aryl methyl sites for hydroxylation is 2. The Morgan fingerprint density at radius 3 is 2.79 bits per heavy atom. The van der Waals surface area contributed by atoms with E-state index in [1.807, 2.05) is 13.8 Å². The zero-order valence-corrected chi connectivity index (χ0v) is 9.05. The van der Waals surface area contributed by atoms with E-state index in [0.717, 1.165) is 11.5 Å².